The minimum absolute atomic E-state index is 0.707. The zero-order valence-electron chi connectivity index (χ0n) is 9.25. The van der Waals surface area contributed by atoms with E-state index in [1.54, 1.807) is 0 Å². The van der Waals surface area contributed by atoms with Gasteiger partial charge >= 0.3 is 0 Å². The van der Waals surface area contributed by atoms with Gasteiger partial charge in [-0.25, -0.2) is 0 Å². The van der Waals surface area contributed by atoms with Gasteiger partial charge in [-0.05, 0) is 32.2 Å². The molecule has 0 radical (unpaired) electrons. The van der Waals surface area contributed by atoms with E-state index in [1.165, 1.54) is 57.9 Å². The lowest BCUT2D eigenvalue weighted by Gasteiger charge is -2.31. The van der Waals surface area contributed by atoms with Gasteiger partial charge in [0.25, 0.3) is 0 Å². The van der Waals surface area contributed by atoms with Gasteiger partial charge in [0.15, 0.2) is 0 Å². The summed E-state index contributed by atoms with van der Waals surface area (Å²) in [5.74, 6) is 0. The molecule has 0 aromatic carbocycles. The van der Waals surface area contributed by atoms with Crippen molar-refractivity contribution in [2.45, 2.75) is 63.5 Å². The van der Waals surface area contributed by atoms with Crippen molar-refractivity contribution < 1.29 is 0 Å². The Labute approximate surface area is 87.8 Å². The summed E-state index contributed by atoms with van der Waals surface area (Å²) in [4.78, 5) is 2.71. The second kappa shape index (κ2) is 5.13. The summed E-state index contributed by atoms with van der Waals surface area (Å²) in [6.07, 6.45) is 11.4. The van der Waals surface area contributed by atoms with E-state index in [1.807, 2.05) is 0 Å². The van der Waals surface area contributed by atoms with Gasteiger partial charge in [0.05, 0.1) is 0 Å². The Bertz CT molecular complexity index is 162. The molecule has 0 aromatic rings. The van der Waals surface area contributed by atoms with Crippen LogP contribution in [0, 0.1) is 0 Å². The fourth-order valence-electron chi connectivity index (χ4n) is 3.18. The zero-order chi connectivity index (χ0) is 9.80. The molecule has 1 unspecified atom stereocenters. The van der Waals surface area contributed by atoms with Crippen molar-refractivity contribution in [2.75, 3.05) is 13.1 Å². The fourth-order valence-corrected chi connectivity index (χ4v) is 3.18. The van der Waals surface area contributed by atoms with Crippen LogP contribution in [0.25, 0.3) is 0 Å². The third-order valence-electron chi connectivity index (χ3n) is 3.99. The molecule has 2 nitrogen and oxygen atoms in total. The molecular formula is C12H24N2. The molecule has 2 rings (SSSR count). The highest BCUT2D eigenvalue weighted by Gasteiger charge is 2.29. The van der Waals surface area contributed by atoms with Crippen LogP contribution in [0.2, 0.25) is 0 Å². The highest BCUT2D eigenvalue weighted by molar-refractivity contribution is 4.86. The van der Waals surface area contributed by atoms with Crippen LogP contribution in [0.5, 0.6) is 0 Å². The molecule has 2 fully saturated rings. The molecule has 0 amide bonds. The standard InChI is InChI=1S/C12H24N2/c13-10-12-8-5-9-14(12)11-6-3-1-2-4-7-11/h11-12H,1-10,13H2. The molecule has 1 saturated carbocycles. The molecule has 0 aromatic heterocycles. The number of hydrogen-bond donors (Lipinski definition) is 1. The Kier molecular flexibility index (Phi) is 3.82. The van der Waals surface area contributed by atoms with E-state index >= 15 is 0 Å². The largest absolute Gasteiger partial charge is 0.329 e. The van der Waals surface area contributed by atoms with Gasteiger partial charge in [-0.2, -0.15) is 0 Å². The molecule has 82 valence electrons. The molecule has 2 N–H and O–H groups in total. The summed E-state index contributed by atoms with van der Waals surface area (Å²) in [5.41, 5.74) is 5.83. The minimum Gasteiger partial charge on any atom is -0.329 e. The molecule has 14 heavy (non-hydrogen) atoms. The van der Waals surface area contributed by atoms with Crippen molar-refractivity contribution >= 4 is 0 Å². The van der Waals surface area contributed by atoms with Crippen LogP contribution in [0.4, 0.5) is 0 Å². The zero-order valence-corrected chi connectivity index (χ0v) is 9.25. The SMILES string of the molecule is NCC1CCCN1C1CCCCCC1. The van der Waals surface area contributed by atoms with Gasteiger partial charge in [0, 0.05) is 18.6 Å². The van der Waals surface area contributed by atoms with Gasteiger partial charge in [-0.1, -0.05) is 25.7 Å². The second-order valence-electron chi connectivity index (χ2n) is 4.91. The first-order valence-corrected chi connectivity index (χ1v) is 6.37. The van der Waals surface area contributed by atoms with Crippen molar-refractivity contribution in [1.82, 2.24) is 4.90 Å². The maximum absolute atomic E-state index is 5.83. The van der Waals surface area contributed by atoms with Crippen LogP contribution < -0.4 is 5.73 Å². The minimum atomic E-state index is 0.707. The van der Waals surface area contributed by atoms with Crippen LogP contribution in [-0.2, 0) is 0 Å². The van der Waals surface area contributed by atoms with E-state index in [-0.39, 0.29) is 0 Å². The smallest absolute Gasteiger partial charge is 0.0221 e. The monoisotopic (exact) mass is 196 g/mol. The normalized spacial score (nSPS) is 31.9. The van der Waals surface area contributed by atoms with E-state index in [0.29, 0.717) is 6.04 Å². The molecule has 1 aliphatic carbocycles. The Hall–Kier alpha value is -0.0800. The van der Waals surface area contributed by atoms with Crippen LogP contribution in [0.15, 0.2) is 0 Å². The fraction of sp³-hybridized carbons (Fsp3) is 1.00. The summed E-state index contributed by atoms with van der Waals surface area (Å²) in [7, 11) is 0. The first-order chi connectivity index (χ1) is 6.92. The molecule has 2 aliphatic rings. The van der Waals surface area contributed by atoms with Gasteiger partial charge in [-0.3, -0.25) is 4.90 Å². The topological polar surface area (TPSA) is 29.3 Å². The summed E-state index contributed by atoms with van der Waals surface area (Å²) < 4.78 is 0. The summed E-state index contributed by atoms with van der Waals surface area (Å²) in [6.45, 7) is 2.18. The van der Waals surface area contributed by atoms with Gasteiger partial charge in [0.1, 0.15) is 0 Å². The maximum Gasteiger partial charge on any atom is 0.0221 e. The third kappa shape index (κ3) is 2.29. The molecular weight excluding hydrogens is 172 g/mol. The molecule has 0 spiro atoms. The van der Waals surface area contributed by atoms with Crippen molar-refractivity contribution in [3.63, 3.8) is 0 Å². The Morgan fingerprint density at radius 1 is 0.929 bits per heavy atom. The van der Waals surface area contributed by atoms with Crippen molar-refractivity contribution in [1.29, 1.82) is 0 Å². The van der Waals surface area contributed by atoms with E-state index in [2.05, 4.69) is 4.90 Å². The molecule has 1 heterocycles. The summed E-state index contributed by atoms with van der Waals surface area (Å²) in [5, 5.41) is 0. The number of nitrogens with two attached hydrogens (primary N) is 1. The van der Waals surface area contributed by atoms with Gasteiger partial charge in [0.2, 0.25) is 0 Å². The van der Waals surface area contributed by atoms with E-state index < -0.39 is 0 Å². The Balaban J connectivity index is 1.91. The average molecular weight is 196 g/mol. The first kappa shape index (κ1) is 10.4. The highest BCUT2D eigenvalue weighted by atomic mass is 15.2. The van der Waals surface area contributed by atoms with Crippen LogP contribution >= 0.6 is 0 Å². The third-order valence-corrected chi connectivity index (χ3v) is 3.99. The first-order valence-electron chi connectivity index (χ1n) is 6.37. The molecule has 0 bridgehead atoms. The number of likely N-dealkylation sites (tertiary alicyclic amines) is 1. The summed E-state index contributed by atoms with van der Waals surface area (Å²) in [6, 6.07) is 1.58. The maximum atomic E-state index is 5.83. The van der Waals surface area contributed by atoms with Crippen molar-refractivity contribution in [3.05, 3.63) is 0 Å². The van der Waals surface area contributed by atoms with Crippen LogP contribution in [0.3, 0.4) is 0 Å². The lowest BCUT2D eigenvalue weighted by atomic mass is 10.1. The number of nitrogens with zero attached hydrogens (tertiary/aromatic N) is 1. The van der Waals surface area contributed by atoms with E-state index in [0.717, 1.165) is 12.6 Å². The number of rotatable bonds is 2. The van der Waals surface area contributed by atoms with Crippen LogP contribution in [0.1, 0.15) is 51.4 Å². The van der Waals surface area contributed by atoms with Crippen molar-refractivity contribution in [2.24, 2.45) is 5.73 Å². The highest BCUT2D eigenvalue weighted by Crippen LogP contribution is 2.27. The van der Waals surface area contributed by atoms with E-state index in [4.69, 9.17) is 5.73 Å². The quantitative estimate of drug-likeness (QED) is 0.686. The molecule has 1 saturated heterocycles. The van der Waals surface area contributed by atoms with E-state index in [9.17, 15) is 0 Å². The van der Waals surface area contributed by atoms with Crippen LogP contribution in [-0.4, -0.2) is 30.1 Å². The Morgan fingerprint density at radius 3 is 2.29 bits per heavy atom. The molecule has 1 aliphatic heterocycles. The van der Waals surface area contributed by atoms with Crippen molar-refractivity contribution in [3.8, 4) is 0 Å². The second-order valence-corrected chi connectivity index (χ2v) is 4.91. The molecule has 2 heteroatoms. The lowest BCUT2D eigenvalue weighted by molar-refractivity contribution is 0.167. The summed E-state index contributed by atoms with van der Waals surface area (Å²) >= 11 is 0. The van der Waals surface area contributed by atoms with Gasteiger partial charge in [-0.15, -0.1) is 0 Å². The van der Waals surface area contributed by atoms with Gasteiger partial charge < -0.3 is 5.73 Å². The predicted molar refractivity (Wildman–Crippen MR) is 60.3 cm³/mol. The lowest BCUT2D eigenvalue weighted by Crippen LogP contribution is -2.42. The predicted octanol–water partition coefficient (Wildman–Crippen LogP) is 2.13. The average Bonchev–Trinajstić information content (AvgIpc) is 2.52. The number of hydrogen-bond acceptors (Lipinski definition) is 2. The Morgan fingerprint density at radius 2 is 1.64 bits per heavy atom. The molecule has 1 atom stereocenters.